The average Bonchev–Trinajstić information content (AvgIpc) is 1.80. The van der Waals surface area contributed by atoms with Gasteiger partial charge in [-0.3, -0.25) is 0 Å². The molecule has 0 saturated carbocycles. The second kappa shape index (κ2) is 2.93. The minimum Gasteiger partial charge on any atom is -0.616 e. The molecule has 0 aromatic carbocycles. The van der Waals surface area contributed by atoms with Gasteiger partial charge in [-0.15, -0.1) is 0 Å². The molecule has 1 aliphatic heterocycles. The van der Waals surface area contributed by atoms with Gasteiger partial charge in [0.1, 0.15) is 11.0 Å². The van der Waals surface area contributed by atoms with Crippen LogP contribution in [0.3, 0.4) is 0 Å². The molecule has 2 heteroatoms. The van der Waals surface area contributed by atoms with Gasteiger partial charge in [0.2, 0.25) is 0 Å². The maximum Gasteiger partial charge on any atom is 0.112 e. The van der Waals surface area contributed by atoms with E-state index >= 15 is 0 Å². The van der Waals surface area contributed by atoms with Crippen molar-refractivity contribution in [3.05, 3.63) is 0 Å². The van der Waals surface area contributed by atoms with Crippen LogP contribution in [-0.4, -0.2) is 15.6 Å². The molecule has 1 rings (SSSR count). The Kier molecular flexibility index (Phi) is 2.42. The van der Waals surface area contributed by atoms with Crippen LogP contribution in [0.25, 0.3) is 0 Å². The molecule has 0 N–H and O–H groups in total. The Morgan fingerprint density at radius 2 is 2.00 bits per heavy atom. The zero-order chi connectivity index (χ0) is 6.85. The third kappa shape index (κ3) is 1.87. The lowest BCUT2D eigenvalue weighted by atomic mass is 10.1. The molecule has 1 aliphatic rings. The van der Waals surface area contributed by atoms with Crippen molar-refractivity contribution >= 4 is 11.2 Å². The lowest BCUT2D eigenvalue weighted by molar-refractivity contribution is 0.486. The van der Waals surface area contributed by atoms with Gasteiger partial charge in [0.15, 0.2) is 0 Å². The van der Waals surface area contributed by atoms with Crippen molar-refractivity contribution in [2.24, 2.45) is 5.92 Å². The maximum atomic E-state index is 11.1. The number of hydrogen-bond acceptors (Lipinski definition) is 1. The van der Waals surface area contributed by atoms with Crippen LogP contribution in [0.5, 0.6) is 0 Å². The molecule has 3 atom stereocenters. The minimum atomic E-state index is -0.515. The first-order chi connectivity index (χ1) is 4.20. The lowest BCUT2D eigenvalue weighted by Crippen LogP contribution is -2.30. The van der Waals surface area contributed by atoms with Crippen LogP contribution < -0.4 is 0 Å². The van der Waals surface area contributed by atoms with Crippen molar-refractivity contribution in [3.63, 3.8) is 0 Å². The molecular weight excluding hydrogens is 132 g/mol. The fourth-order valence-electron chi connectivity index (χ4n) is 1.18. The van der Waals surface area contributed by atoms with Crippen LogP contribution in [0.1, 0.15) is 26.7 Å². The summed E-state index contributed by atoms with van der Waals surface area (Å²) in [5.74, 6) is 1.63. The smallest absolute Gasteiger partial charge is 0.112 e. The maximum absolute atomic E-state index is 11.1. The molecule has 1 saturated heterocycles. The summed E-state index contributed by atoms with van der Waals surface area (Å²) in [5, 5.41) is 0.459. The lowest BCUT2D eigenvalue weighted by Gasteiger charge is -2.26. The number of hydrogen-bond donors (Lipinski definition) is 0. The summed E-state index contributed by atoms with van der Waals surface area (Å²) in [7, 11) is 0. The Labute approximate surface area is 60.0 Å². The average molecular weight is 146 g/mol. The van der Waals surface area contributed by atoms with Crippen molar-refractivity contribution in [1.29, 1.82) is 0 Å². The van der Waals surface area contributed by atoms with E-state index in [4.69, 9.17) is 0 Å². The predicted octanol–water partition coefficient (Wildman–Crippen LogP) is 1.55. The molecule has 0 aliphatic carbocycles. The van der Waals surface area contributed by atoms with Crippen molar-refractivity contribution in [2.45, 2.75) is 31.9 Å². The van der Waals surface area contributed by atoms with Gasteiger partial charge in [-0.2, -0.15) is 0 Å². The second-order valence-corrected chi connectivity index (χ2v) is 4.94. The van der Waals surface area contributed by atoms with Crippen LogP contribution >= 0.6 is 0 Å². The molecule has 0 bridgehead atoms. The molecule has 0 aromatic rings. The first-order valence-electron chi connectivity index (χ1n) is 3.57. The fourth-order valence-corrected chi connectivity index (χ4v) is 2.63. The van der Waals surface area contributed by atoms with E-state index in [0.717, 1.165) is 12.2 Å². The number of rotatable bonds is 0. The first kappa shape index (κ1) is 7.42. The Balaban J connectivity index is 2.35. The van der Waals surface area contributed by atoms with E-state index in [-0.39, 0.29) is 0 Å². The van der Waals surface area contributed by atoms with E-state index in [0.29, 0.717) is 11.2 Å². The highest BCUT2D eigenvalue weighted by molar-refractivity contribution is 7.92. The Morgan fingerprint density at radius 3 is 2.44 bits per heavy atom. The highest BCUT2D eigenvalue weighted by atomic mass is 32.2. The molecule has 2 unspecified atom stereocenters. The van der Waals surface area contributed by atoms with Crippen molar-refractivity contribution in [3.8, 4) is 0 Å². The van der Waals surface area contributed by atoms with Crippen LogP contribution in [0.4, 0.5) is 0 Å². The summed E-state index contributed by atoms with van der Waals surface area (Å²) in [6.45, 7) is 4.27. The van der Waals surface area contributed by atoms with Gasteiger partial charge in [0.05, 0.1) is 0 Å². The van der Waals surface area contributed by atoms with Gasteiger partial charge in [0, 0.05) is 5.92 Å². The summed E-state index contributed by atoms with van der Waals surface area (Å²) in [5.41, 5.74) is 0. The van der Waals surface area contributed by atoms with Crippen LogP contribution in [0.2, 0.25) is 0 Å². The normalized spacial score (nSPS) is 45.0. The van der Waals surface area contributed by atoms with Crippen molar-refractivity contribution in [2.75, 3.05) is 5.75 Å². The van der Waals surface area contributed by atoms with E-state index in [1.165, 1.54) is 6.42 Å². The molecule has 0 spiro atoms. The van der Waals surface area contributed by atoms with Gasteiger partial charge < -0.3 is 4.55 Å². The fraction of sp³-hybridized carbons (Fsp3) is 1.00. The van der Waals surface area contributed by atoms with E-state index in [1.807, 2.05) is 0 Å². The molecule has 1 fully saturated rings. The topological polar surface area (TPSA) is 23.1 Å². The summed E-state index contributed by atoms with van der Waals surface area (Å²) in [6.07, 6.45) is 2.43. The molecule has 1 nitrogen and oxygen atoms in total. The molecule has 54 valence electrons. The summed E-state index contributed by atoms with van der Waals surface area (Å²) in [4.78, 5) is 0. The minimum absolute atomic E-state index is 0.459. The van der Waals surface area contributed by atoms with Gasteiger partial charge in [-0.05, 0) is 19.8 Å². The Morgan fingerprint density at radius 1 is 1.33 bits per heavy atom. The van der Waals surface area contributed by atoms with E-state index in [1.54, 1.807) is 0 Å². The van der Waals surface area contributed by atoms with Gasteiger partial charge >= 0.3 is 0 Å². The Hall–Kier alpha value is 0.310. The van der Waals surface area contributed by atoms with Crippen LogP contribution in [-0.2, 0) is 11.2 Å². The first-order valence-corrected chi connectivity index (χ1v) is 4.95. The van der Waals surface area contributed by atoms with Gasteiger partial charge in [0.25, 0.3) is 0 Å². The van der Waals surface area contributed by atoms with E-state index < -0.39 is 11.2 Å². The Bertz CT molecular complexity index is 94.9. The van der Waals surface area contributed by atoms with Crippen molar-refractivity contribution < 1.29 is 4.55 Å². The highest BCUT2D eigenvalue weighted by Crippen LogP contribution is 2.22. The molecule has 0 aromatic heterocycles. The van der Waals surface area contributed by atoms with Crippen LogP contribution in [0.15, 0.2) is 0 Å². The molecule has 1 heterocycles. The largest absolute Gasteiger partial charge is 0.616 e. The van der Waals surface area contributed by atoms with Gasteiger partial charge in [-0.1, -0.05) is 18.1 Å². The van der Waals surface area contributed by atoms with E-state index in [9.17, 15) is 4.55 Å². The van der Waals surface area contributed by atoms with E-state index in [2.05, 4.69) is 13.8 Å². The third-order valence-corrected chi connectivity index (χ3v) is 3.99. The SMILES string of the molecule is CC1CC[C@@H](C)[S+]([O-])C1. The quantitative estimate of drug-likeness (QED) is 0.475. The summed E-state index contributed by atoms with van der Waals surface area (Å²) in [6, 6.07) is 0. The second-order valence-electron chi connectivity index (χ2n) is 3.04. The highest BCUT2D eigenvalue weighted by Gasteiger charge is 2.25. The standard InChI is InChI=1S/C7H14OS/c1-6-3-4-7(2)9(8)5-6/h6-7H,3-5H2,1-2H3/t6?,7-,9?/m1/s1. The zero-order valence-corrected chi connectivity index (χ0v) is 6.91. The van der Waals surface area contributed by atoms with Gasteiger partial charge in [-0.25, -0.2) is 0 Å². The molecule has 0 amide bonds. The van der Waals surface area contributed by atoms with Crippen molar-refractivity contribution in [1.82, 2.24) is 0 Å². The third-order valence-electron chi connectivity index (χ3n) is 1.96. The summed E-state index contributed by atoms with van der Waals surface area (Å²) >= 11 is -0.515. The molecule has 9 heavy (non-hydrogen) atoms. The predicted molar refractivity (Wildman–Crippen MR) is 40.9 cm³/mol. The monoisotopic (exact) mass is 146 g/mol. The zero-order valence-electron chi connectivity index (χ0n) is 6.09. The summed E-state index contributed by atoms with van der Waals surface area (Å²) < 4.78 is 11.1. The van der Waals surface area contributed by atoms with Crippen LogP contribution in [0, 0.1) is 5.92 Å². The molecular formula is C7H14OS. The molecule has 0 radical (unpaired) electrons.